The average molecular weight is 327 g/mol. The summed E-state index contributed by atoms with van der Waals surface area (Å²) in [5.74, 6) is 0. The summed E-state index contributed by atoms with van der Waals surface area (Å²) in [6, 6.07) is 9.09. The molecule has 0 heterocycles. The first-order chi connectivity index (χ1) is 9.13. The molecule has 2 unspecified atom stereocenters. The second kappa shape index (κ2) is 8.72. The lowest BCUT2D eigenvalue weighted by molar-refractivity contribution is 0.169. The first kappa shape index (κ1) is 16.7. The first-order valence-electron chi connectivity index (χ1n) is 7.39. The quantitative estimate of drug-likeness (QED) is 0.769. The van der Waals surface area contributed by atoms with E-state index in [0.29, 0.717) is 6.04 Å². The van der Waals surface area contributed by atoms with E-state index in [9.17, 15) is 0 Å². The minimum absolute atomic E-state index is 0.187. The molecule has 1 aromatic rings. The first-order valence-corrected chi connectivity index (χ1v) is 8.18. The van der Waals surface area contributed by atoms with Gasteiger partial charge in [0.05, 0.1) is 0 Å². The van der Waals surface area contributed by atoms with Gasteiger partial charge in [0.25, 0.3) is 0 Å². The van der Waals surface area contributed by atoms with Gasteiger partial charge in [-0.1, -0.05) is 48.8 Å². The van der Waals surface area contributed by atoms with E-state index in [1.54, 1.807) is 0 Å². The topological polar surface area (TPSA) is 29.3 Å². The highest BCUT2D eigenvalue weighted by Gasteiger charge is 2.24. The van der Waals surface area contributed by atoms with Gasteiger partial charge in [-0.25, -0.2) is 0 Å². The van der Waals surface area contributed by atoms with E-state index in [1.807, 2.05) is 0 Å². The standard InChI is InChI=1S/C16H27BrN2/c1-4-10-19(11-5-2)16(15(18)6-3)13-8-7-9-14(17)12-13/h7-9,12,15-16H,4-6,10-11,18H2,1-3H3. The van der Waals surface area contributed by atoms with E-state index in [-0.39, 0.29) is 6.04 Å². The lowest BCUT2D eigenvalue weighted by atomic mass is 9.96. The Morgan fingerprint density at radius 1 is 1.16 bits per heavy atom. The average Bonchev–Trinajstić information content (AvgIpc) is 2.39. The van der Waals surface area contributed by atoms with E-state index in [2.05, 4.69) is 65.9 Å². The van der Waals surface area contributed by atoms with E-state index in [1.165, 1.54) is 18.4 Å². The normalized spacial score (nSPS) is 14.6. The van der Waals surface area contributed by atoms with Gasteiger partial charge in [-0.15, -0.1) is 0 Å². The maximum Gasteiger partial charge on any atom is 0.0499 e. The lowest BCUT2D eigenvalue weighted by Crippen LogP contribution is -2.41. The van der Waals surface area contributed by atoms with Crippen molar-refractivity contribution in [2.24, 2.45) is 5.73 Å². The van der Waals surface area contributed by atoms with Crippen LogP contribution < -0.4 is 5.73 Å². The molecule has 0 radical (unpaired) electrons. The highest BCUT2D eigenvalue weighted by molar-refractivity contribution is 9.10. The summed E-state index contributed by atoms with van der Waals surface area (Å²) in [7, 11) is 0. The second-order valence-electron chi connectivity index (χ2n) is 5.11. The van der Waals surface area contributed by atoms with Crippen LogP contribution in [0.15, 0.2) is 28.7 Å². The number of hydrogen-bond acceptors (Lipinski definition) is 2. The zero-order valence-electron chi connectivity index (χ0n) is 12.4. The zero-order chi connectivity index (χ0) is 14.3. The molecule has 0 aliphatic carbocycles. The fourth-order valence-corrected chi connectivity index (χ4v) is 3.02. The Labute approximate surface area is 126 Å². The molecule has 0 saturated carbocycles. The summed E-state index contributed by atoms with van der Waals surface area (Å²) < 4.78 is 1.13. The number of rotatable bonds is 8. The number of nitrogens with two attached hydrogens (primary N) is 1. The molecule has 1 rings (SSSR count). The van der Waals surface area contributed by atoms with Crippen molar-refractivity contribution in [3.63, 3.8) is 0 Å². The summed E-state index contributed by atoms with van der Waals surface area (Å²) in [6.07, 6.45) is 3.34. The summed E-state index contributed by atoms with van der Waals surface area (Å²) in [5, 5.41) is 0. The summed E-state index contributed by atoms with van der Waals surface area (Å²) >= 11 is 3.57. The fourth-order valence-electron chi connectivity index (χ4n) is 2.61. The molecule has 0 aliphatic rings. The highest BCUT2D eigenvalue weighted by Crippen LogP contribution is 2.27. The monoisotopic (exact) mass is 326 g/mol. The van der Waals surface area contributed by atoms with Gasteiger partial charge >= 0.3 is 0 Å². The van der Waals surface area contributed by atoms with Gasteiger partial charge in [-0.2, -0.15) is 0 Å². The van der Waals surface area contributed by atoms with Gasteiger partial charge in [0.2, 0.25) is 0 Å². The molecule has 0 aliphatic heterocycles. The number of nitrogens with zero attached hydrogens (tertiary/aromatic N) is 1. The molecular formula is C16H27BrN2. The zero-order valence-corrected chi connectivity index (χ0v) is 14.0. The Balaban J connectivity index is 3.04. The van der Waals surface area contributed by atoms with Crippen LogP contribution in [0.3, 0.4) is 0 Å². The van der Waals surface area contributed by atoms with Crippen molar-refractivity contribution in [2.75, 3.05) is 13.1 Å². The molecule has 0 saturated heterocycles. The molecule has 0 spiro atoms. The van der Waals surface area contributed by atoms with Gasteiger partial charge in [-0.3, -0.25) is 4.90 Å². The van der Waals surface area contributed by atoms with Crippen molar-refractivity contribution < 1.29 is 0 Å². The molecule has 1 aromatic carbocycles. The van der Waals surface area contributed by atoms with Crippen LogP contribution in [-0.4, -0.2) is 24.0 Å². The van der Waals surface area contributed by atoms with Gasteiger partial charge in [-0.05, 0) is 50.0 Å². The summed E-state index contributed by atoms with van der Waals surface area (Å²) in [6.45, 7) is 8.86. The minimum atomic E-state index is 0.187. The van der Waals surface area contributed by atoms with Gasteiger partial charge in [0.1, 0.15) is 0 Å². The van der Waals surface area contributed by atoms with Gasteiger partial charge in [0, 0.05) is 16.6 Å². The Hall–Kier alpha value is -0.380. The van der Waals surface area contributed by atoms with Crippen LogP contribution in [0, 0.1) is 0 Å². The Morgan fingerprint density at radius 3 is 2.26 bits per heavy atom. The van der Waals surface area contributed by atoms with Crippen LogP contribution in [0.2, 0.25) is 0 Å². The highest BCUT2D eigenvalue weighted by atomic mass is 79.9. The third-order valence-corrected chi connectivity index (χ3v) is 3.98. The molecule has 0 aromatic heterocycles. The van der Waals surface area contributed by atoms with E-state index in [0.717, 1.165) is 24.0 Å². The second-order valence-corrected chi connectivity index (χ2v) is 6.02. The maximum absolute atomic E-state index is 6.40. The van der Waals surface area contributed by atoms with Crippen molar-refractivity contribution in [1.29, 1.82) is 0 Å². The predicted molar refractivity (Wildman–Crippen MR) is 87.3 cm³/mol. The number of benzene rings is 1. The van der Waals surface area contributed by atoms with Crippen LogP contribution in [0.25, 0.3) is 0 Å². The molecule has 19 heavy (non-hydrogen) atoms. The molecule has 0 bridgehead atoms. The largest absolute Gasteiger partial charge is 0.326 e. The number of hydrogen-bond donors (Lipinski definition) is 1. The fraction of sp³-hybridized carbons (Fsp3) is 0.625. The molecule has 2 N–H and O–H groups in total. The molecule has 0 amide bonds. The van der Waals surface area contributed by atoms with Crippen LogP contribution >= 0.6 is 15.9 Å². The van der Waals surface area contributed by atoms with Crippen molar-refractivity contribution in [1.82, 2.24) is 4.90 Å². The Kier molecular flexibility index (Phi) is 7.66. The van der Waals surface area contributed by atoms with E-state index in [4.69, 9.17) is 5.73 Å². The minimum Gasteiger partial charge on any atom is -0.326 e. The van der Waals surface area contributed by atoms with Gasteiger partial charge in [0.15, 0.2) is 0 Å². The van der Waals surface area contributed by atoms with Crippen molar-refractivity contribution in [3.8, 4) is 0 Å². The maximum atomic E-state index is 6.40. The van der Waals surface area contributed by atoms with Gasteiger partial charge < -0.3 is 5.73 Å². The van der Waals surface area contributed by atoms with Crippen LogP contribution in [0.5, 0.6) is 0 Å². The van der Waals surface area contributed by atoms with Crippen LogP contribution in [-0.2, 0) is 0 Å². The van der Waals surface area contributed by atoms with Crippen LogP contribution in [0.4, 0.5) is 0 Å². The third kappa shape index (κ3) is 4.90. The molecule has 2 nitrogen and oxygen atoms in total. The van der Waals surface area contributed by atoms with Crippen molar-refractivity contribution in [2.45, 2.75) is 52.1 Å². The lowest BCUT2D eigenvalue weighted by Gasteiger charge is -2.35. The molecule has 2 atom stereocenters. The smallest absolute Gasteiger partial charge is 0.0499 e. The predicted octanol–water partition coefficient (Wildman–Crippen LogP) is 4.35. The Bertz CT molecular complexity index is 362. The molecule has 108 valence electrons. The summed E-state index contributed by atoms with van der Waals surface area (Å²) in [4.78, 5) is 2.54. The summed E-state index contributed by atoms with van der Waals surface area (Å²) in [5.41, 5.74) is 7.73. The molecule has 0 fully saturated rings. The van der Waals surface area contributed by atoms with Crippen molar-refractivity contribution >= 4 is 15.9 Å². The SMILES string of the molecule is CCCN(CCC)C(c1cccc(Br)c1)C(N)CC. The Morgan fingerprint density at radius 2 is 1.79 bits per heavy atom. The van der Waals surface area contributed by atoms with Crippen LogP contribution in [0.1, 0.15) is 51.6 Å². The number of halogens is 1. The van der Waals surface area contributed by atoms with E-state index >= 15 is 0 Å². The molecular weight excluding hydrogens is 300 g/mol. The molecule has 3 heteroatoms. The van der Waals surface area contributed by atoms with E-state index < -0.39 is 0 Å². The van der Waals surface area contributed by atoms with Crippen molar-refractivity contribution in [3.05, 3.63) is 34.3 Å². The third-order valence-electron chi connectivity index (χ3n) is 3.48.